The van der Waals surface area contributed by atoms with Gasteiger partial charge in [0.05, 0.1) is 5.56 Å². The maximum absolute atomic E-state index is 10.9. The van der Waals surface area contributed by atoms with E-state index >= 15 is 0 Å². The number of carbonyl (C=O) groups is 1. The van der Waals surface area contributed by atoms with E-state index in [1.807, 2.05) is 17.8 Å². The van der Waals surface area contributed by atoms with Crippen LogP contribution in [-0.2, 0) is 0 Å². The minimum atomic E-state index is -0.436. The van der Waals surface area contributed by atoms with E-state index in [1.54, 1.807) is 6.07 Å². The second-order valence-electron chi connectivity index (χ2n) is 4.53. The van der Waals surface area contributed by atoms with Crippen molar-refractivity contribution in [3.63, 3.8) is 0 Å². The summed E-state index contributed by atoms with van der Waals surface area (Å²) in [5.74, 6) is 1.57. The molecule has 0 spiro atoms. The molecule has 2 atom stereocenters. The van der Waals surface area contributed by atoms with Crippen LogP contribution in [0.4, 0.5) is 5.82 Å². The molecular formula is C13H19N3OS. The third-order valence-corrected chi connectivity index (χ3v) is 4.42. The lowest BCUT2D eigenvalue weighted by Crippen LogP contribution is -2.17. The first kappa shape index (κ1) is 13.2. The average Bonchev–Trinajstić information content (AvgIpc) is 2.78. The van der Waals surface area contributed by atoms with Gasteiger partial charge in [0, 0.05) is 17.5 Å². The third kappa shape index (κ3) is 3.38. The normalized spacial score (nSPS) is 22.9. The van der Waals surface area contributed by atoms with Crippen molar-refractivity contribution >= 4 is 23.5 Å². The number of nitrogens with zero attached hydrogens (tertiary/aromatic N) is 1. The van der Waals surface area contributed by atoms with E-state index in [1.165, 1.54) is 31.2 Å². The lowest BCUT2D eigenvalue weighted by Gasteiger charge is -2.13. The first-order chi connectivity index (χ1) is 8.69. The van der Waals surface area contributed by atoms with Gasteiger partial charge in [0.1, 0.15) is 5.82 Å². The predicted molar refractivity (Wildman–Crippen MR) is 75.9 cm³/mol. The number of anilines is 1. The smallest absolute Gasteiger partial charge is 0.250 e. The highest BCUT2D eigenvalue weighted by atomic mass is 32.2. The number of nitrogens with two attached hydrogens (primary N) is 1. The van der Waals surface area contributed by atoms with Crippen LogP contribution in [-0.4, -0.2) is 27.9 Å². The SMILES string of the molecule is CCSC1CCC(Nc2ccc(C(N)=O)cn2)C1. The van der Waals surface area contributed by atoms with Crippen molar-refractivity contribution in [2.75, 3.05) is 11.1 Å². The minimum absolute atomic E-state index is 0.436. The molecule has 1 aliphatic carbocycles. The fourth-order valence-corrected chi connectivity index (χ4v) is 3.43. The fraction of sp³-hybridized carbons (Fsp3) is 0.538. The molecule has 0 radical (unpaired) electrons. The molecule has 1 aromatic heterocycles. The molecular weight excluding hydrogens is 246 g/mol. The summed E-state index contributed by atoms with van der Waals surface area (Å²) >= 11 is 2.04. The minimum Gasteiger partial charge on any atom is -0.367 e. The number of thioether (sulfide) groups is 1. The number of aromatic nitrogens is 1. The molecule has 1 aliphatic rings. The van der Waals surface area contributed by atoms with Crippen LogP contribution in [0.1, 0.15) is 36.5 Å². The number of carbonyl (C=O) groups excluding carboxylic acids is 1. The van der Waals surface area contributed by atoms with Crippen molar-refractivity contribution in [3.05, 3.63) is 23.9 Å². The van der Waals surface area contributed by atoms with Crippen LogP contribution in [0.25, 0.3) is 0 Å². The largest absolute Gasteiger partial charge is 0.367 e. The van der Waals surface area contributed by atoms with E-state index in [9.17, 15) is 4.79 Å². The molecule has 1 fully saturated rings. The van der Waals surface area contributed by atoms with Gasteiger partial charge < -0.3 is 11.1 Å². The Balaban J connectivity index is 1.88. The van der Waals surface area contributed by atoms with Crippen molar-refractivity contribution in [2.24, 2.45) is 5.73 Å². The quantitative estimate of drug-likeness (QED) is 0.857. The molecule has 18 heavy (non-hydrogen) atoms. The van der Waals surface area contributed by atoms with Gasteiger partial charge in [0.2, 0.25) is 5.91 Å². The molecule has 1 saturated carbocycles. The Morgan fingerprint density at radius 1 is 1.56 bits per heavy atom. The molecule has 1 amide bonds. The Kier molecular flexibility index (Phi) is 4.47. The van der Waals surface area contributed by atoms with Crippen molar-refractivity contribution in [3.8, 4) is 0 Å². The molecule has 0 aromatic carbocycles. The molecule has 98 valence electrons. The highest BCUT2D eigenvalue weighted by Gasteiger charge is 2.24. The van der Waals surface area contributed by atoms with Crippen LogP contribution >= 0.6 is 11.8 Å². The maximum Gasteiger partial charge on any atom is 0.250 e. The molecule has 1 aromatic rings. The Bertz CT molecular complexity index is 407. The fourth-order valence-electron chi connectivity index (χ4n) is 2.29. The number of hydrogen-bond donors (Lipinski definition) is 2. The van der Waals surface area contributed by atoms with Crippen LogP contribution in [0.15, 0.2) is 18.3 Å². The number of nitrogens with one attached hydrogen (secondary N) is 1. The van der Waals surface area contributed by atoms with Gasteiger partial charge in [0.15, 0.2) is 0 Å². The summed E-state index contributed by atoms with van der Waals surface area (Å²) in [5.41, 5.74) is 5.63. The van der Waals surface area contributed by atoms with E-state index in [-0.39, 0.29) is 0 Å². The van der Waals surface area contributed by atoms with E-state index in [0.717, 1.165) is 11.1 Å². The summed E-state index contributed by atoms with van der Waals surface area (Å²) in [6.45, 7) is 2.20. The zero-order valence-electron chi connectivity index (χ0n) is 10.6. The Labute approximate surface area is 112 Å². The summed E-state index contributed by atoms with van der Waals surface area (Å²) in [6.07, 6.45) is 5.18. The molecule has 3 N–H and O–H groups in total. The Morgan fingerprint density at radius 2 is 2.39 bits per heavy atom. The summed E-state index contributed by atoms with van der Waals surface area (Å²) in [5, 5.41) is 4.19. The van der Waals surface area contributed by atoms with Gasteiger partial charge in [-0.15, -0.1) is 0 Å². The van der Waals surface area contributed by atoms with E-state index in [4.69, 9.17) is 5.73 Å². The van der Waals surface area contributed by atoms with Crippen molar-refractivity contribution < 1.29 is 4.79 Å². The molecule has 1 heterocycles. The number of hydrogen-bond acceptors (Lipinski definition) is 4. The molecule has 2 rings (SSSR count). The monoisotopic (exact) mass is 265 g/mol. The lowest BCUT2D eigenvalue weighted by molar-refractivity contribution is 0.1000. The second-order valence-corrected chi connectivity index (χ2v) is 6.11. The molecule has 0 aliphatic heterocycles. The van der Waals surface area contributed by atoms with Crippen LogP contribution in [0, 0.1) is 0 Å². The lowest BCUT2D eigenvalue weighted by atomic mass is 10.2. The number of amides is 1. The number of primary amides is 1. The van der Waals surface area contributed by atoms with Crippen LogP contribution in [0.2, 0.25) is 0 Å². The Morgan fingerprint density at radius 3 is 3.00 bits per heavy atom. The van der Waals surface area contributed by atoms with Crippen LogP contribution < -0.4 is 11.1 Å². The van der Waals surface area contributed by atoms with Crippen LogP contribution in [0.5, 0.6) is 0 Å². The van der Waals surface area contributed by atoms with Gasteiger partial charge in [-0.1, -0.05) is 6.92 Å². The highest BCUT2D eigenvalue weighted by molar-refractivity contribution is 7.99. The first-order valence-corrected chi connectivity index (χ1v) is 7.38. The predicted octanol–water partition coefficient (Wildman–Crippen LogP) is 2.27. The first-order valence-electron chi connectivity index (χ1n) is 6.33. The van der Waals surface area contributed by atoms with E-state index in [2.05, 4.69) is 17.2 Å². The topological polar surface area (TPSA) is 68.0 Å². The number of rotatable bonds is 5. The van der Waals surface area contributed by atoms with E-state index < -0.39 is 5.91 Å². The zero-order valence-corrected chi connectivity index (χ0v) is 11.4. The maximum atomic E-state index is 10.9. The van der Waals surface area contributed by atoms with Crippen LogP contribution in [0.3, 0.4) is 0 Å². The zero-order chi connectivity index (χ0) is 13.0. The van der Waals surface area contributed by atoms with Crippen molar-refractivity contribution in [1.82, 2.24) is 4.98 Å². The second kappa shape index (κ2) is 6.09. The van der Waals surface area contributed by atoms with Gasteiger partial charge in [-0.3, -0.25) is 4.79 Å². The summed E-state index contributed by atoms with van der Waals surface area (Å²) in [4.78, 5) is 15.1. The summed E-state index contributed by atoms with van der Waals surface area (Å²) in [7, 11) is 0. The molecule has 0 saturated heterocycles. The summed E-state index contributed by atoms with van der Waals surface area (Å²) in [6, 6.07) is 4.03. The van der Waals surface area contributed by atoms with Gasteiger partial charge in [0.25, 0.3) is 0 Å². The van der Waals surface area contributed by atoms with Gasteiger partial charge in [-0.05, 0) is 37.1 Å². The Hall–Kier alpha value is -1.23. The molecule has 4 nitrogen and oxygen atoms in total. The number of pyridine rings is 1. The standard InChI is InChI=1S/C13H19N3OS/c1-2-18-11-5-4-10(7-11)16-12-6-3-9(8-15-12)13(14)17/h3,6,8,10-11H,2,4-5,7H2,1H3,(H2,14,17)(H,15,16). The molecule has 2 unspecified atom stereocenters. The van der Waals surface area contributed by atoms with Gasteiger partial charge in [-0.25, -0.2) is 4.98 Å². The molecule has 5 heteroatoms. The van der Waals surface area contributed by atoms with Gasteiger partial charge in [-0.2, -0.15) is 11.8 Å². The average molecular weight is 265 g/mol. The van der Waals surface area contributed by atoms with E-state index in [0.29, 0.717) is 11.6 Å². The van der Waals surface area contributed by atoms with Crippen molar-refractivity contribution in [1.29, 1.82) is 0 Å². The highest BCUT2D eigenvalue weighted by Crippen LogP contribution is 2.31. The van der Waals surface area contributed by atoms with Crippen molar-refractivity contribution in [2.45, 2.75) is 37.5 Å². The third-order valence-electron chi connectivity index (χ3n) is 3.19. The molecule has 0 bridgehead atoms. The van der Waals surface area contributed by atoms with Gasteiger partial charge >= 0.3 is 0 Å². The summed E-state index contributed by atoms with van der Waals surface area (Å²) < 4.78 is 0.